The van der Waals surface area contributed by atoms with E-state index in [0.29, 0.717) is 12.0 Å². The van der Waals surface area contributed by atoms with E-state index in [-0.39, 0.29) is 0 Å². The standard InChI is InChI=1S/C16H22N2O/c1-13(2)14(3)18(12-16-7-5-9-19-16)11-15-6-4-8-17-10-15/h4-10,13-14H,11-12H2,1-3H3/t14-/m0/s1. The number of nitrogens with zero attached hydrogens (tertiary/aromatic N) is 2. The third-order valence-electron chi connectivity index (χ3n) is 3.59. The molecule has 0 fully saturated rings. The van der Waals surface area contributed by atoms with Crippen LogP contribution in [0, 0.1) is 5.92 Å². The van der Waals surface area contributed by atoms with Crippen molar-refractivity contribution in [3.8, 4) is 0 Å². The van der Waals surface area contributed by atoms with E-state index in [4.69, 9.17) is 4.42 Å². The van der Waals surface area contributed by atoms with E-state index < -0.39 is 0 Å². The van der Waals surface area contributed by atoms with E-state index in [0.717, 1.165) is 18.8 Å². The molecule has 19 heavy (non-hydrogen) atoms. The Hall–Kier alpha value is -1.61. The lowest BCUT2D eigenvalue weighted by atomic mass is 10.0. The SMILES string of the molecule is CC(C)[C@H](C)N(Cc1cccnc1)Cc1ccco1. The summed E-state index contributed by atoms with van der Waals surface area (Å²) in [6.07, 6.45) is 5.48. The van der Waals surface area contributed by atoms with Gasteiger partial charge in [0.1, 0.15) is 5.76 Å². The fourth-order valence-electron chi connectivity index (χ4n) is 2.09. The van der Waals surface area contributed by atoms with Gasteiger partial charge in [-0.3, -0.25) is 9.88 Å². The molecule has 0 bridgehead atoms. The third-order valence-corrected chi connectivity index (χ3v) is 3.59. The molecule has 0 aliphatic carbocycles. The summed E-state index contributed by atoms with van der Waals surface area (Å²) >= 11 is 0. The maximum Gasteiger partial charge on any atom is 0.117 e. The smallest absolute Gasteiger partial charge is 0.117 e. The van der Waals surface area contributed by atoms with Crippen molar-refractivity contribution >= 4 is 0 Å². The van der Waals surface area contributed by atoms with Gasteiger partial charge in [-0.2, -0.15) is 0 Å². The molecule has 0 amide bonds. The number of rotatable bonds is 6. The average molecular weight is 258 g/mol. The van der Waals surface area contributed by atoms with Crippen LogP contribution in [-0.4, -0.2) is 15.9 Å². The summed E-state index contributed by atoms with van der Waals surface area (Å²) in [5.41, 5.74) is 1.24. The fourth-order valence-corrected chi connectivity index (χ4v) is 2.09. The van der Waals surface area contributed by atoms with Crippen molar-refractivity contribution in [3.05, 3.63) is 54.2 Å². The summed E-state index contributed by atoms with van der Waals surface area (Å²) in [6.45, 7) is 8.51. The Bertz CT molecular complexity index is 465. The van der Waals surface area contributed by atoms with Crippen LogP contribution >= 0.6 is 0 Å². The van der Waals surface area contributed by atoms with Crippen molar-refractivity contribution in [2.24, 2.45) is 5.92 Å². The van der Waals surface area contributed by atoms with Crippen LogP contribution in [0.2, 0.25) is 0 Å². The zero-order chi connectivity index (χ0) is 13.7. The molecule has 2 aromatic rings. The highest BCUT2D eigenvalue weighted by atomic mass is 16.3. The minimum atomic E-state index is 0.491. The molecular weight excluding hydrogens is 236 g/mol. The summed E-state index contributed by atoms with van der Waals surface area (Å²) in [6, 6.07) is 8.57. The van der Waals surface area contributed by atoms with E-state index in [1.807, 2.05) is 30.6 Å². The fraction of sp³-hybridized carbons (Fsp3) is 0.438. The largest absolute Gasteiger partial charge is 0.468 e. The molecule has 0 saturated heterocycles. The van der Waals surface area contributed by atoms with Gasteiger partial charge in [0.05, 0.1) is 12.8 Å². The second-order valence-electron chi connectivity index (χ2n) is 5.33. The van der Waals surface area contributed by atoms with Gasteiger partial charge < -0.3 is 4.42 Å². The number of hydrogen-bond acceptors (Lipinski definition) is 3. The predicted octanol–water partition coefficient (Wildman–Crippen LogP) is 3.72. The minimum absolute atomic E-state index is 0.491. The number of aromatic nitrogens is 1. The summed E-state index contributed by atoms with van der Waals surface area (Å²) in [7, 11) is 0. The molecule has 0 aliphatic heterocycles. The highest BCUT2D eigenvalue weighted by Gasteiger charge is 2.18. The Balaban J connectivity index is 2.10. The third kappa shape index (κ3) is 3.93. The molecule has 0 saturated carbocycles. The maximum absolute atomic E-state index is 5.47. The van der Waals surface area contributed by atoms with Gasteiger partial charge >= 0.3 is 0 Å². The lowest BCUT2D eigenvalue weighted by Gasteiger charge is -2.31. The Kier molecular flexibility index (Phi) is 4.74. The second-order valence-corrected chi connectivity index (χ2v) is 5.33. The van der Waals surface area contributed by atoms with Gasteiger partial charge in [0, 0.05) is 25.0 Å². The Morgan fingerprint density at radius 2 is 2.00 bits per heavy atom. The van der Waals surface area contributed by atoms with E-state index in [2.05, 4.69) is 36.7 Å². The van der Waals surface area contributed by atoms with Crippen LogP contribution in [0.25, 0.3) is 0 Å². The van der Waals surface area contributed by atoms with Crippen LogP contribution in [0.3, 0.4) is 0 Å². The lowest BCUT2D eigenvalue weighted by Crippen LogP contribution is -2.35. The Labute approximate surface area is 115 Å². The van der Waals surface area contributed by atoms with E-state index in [1.165, 1.54) is 5.56 Å². The van der Waals surface area contributed by atoms with Crippen LogP contribution < -0.4 is 0 Å². The van der Waals surface area contributed by atoms with E-state index in [1.54, 1.807) is 6.26 Å². The number of pyridine rings is 1. The number of furan rings is 1. The average Bonchev–Trinajstić information content (AvgIpc) is 2.91. The van der Waals surface area contributed by atoms with Crippen molar-refractivity contribution < 1.29 is 4.42 Å². The van der Waals surface area contributed by atoms with Crippen molar-refractivity contribution in [2.75, 3.05) is 0 Å². The second kappa shape index (κ2) is 6.53. The van der Waals surface area contributed by atoms with Gasteiger partial charge in [0.25, 0.3) is 0 Å². The molecule has 1 atom stereocenters. The first-order valence-corrected chi connectivity index (χ1v) is 6.82. The van der Waals surface area contributed by atoms with Crippen LogP contribution in [0.15, 0.2) is 47.3 Å². The number of hydrogen-bond donors (Lipinski definition) is 0. The minimum Gasteiger partial charge on any atom is -0.468 e. The summed E-state index contributed by atoms with van der Waals surface area (Å²) < 4.78 is 5.47. The normalized spacial score (nSPS) is 13.1. The molecule has 102 valence electrons. The van der Waals surface area contributed by atoms with Crippen molar-refractivity contribution in [1.82, 2.24) is 9.88 Å². The van der Waals surface area contributed by atoms with Crippen LogP contribution in [-0.2, 0) is 13.1 Å². The van der Waals surface area contributed by atoms with Crippen molar-refractivity contribution in [3.63, 3.8) is 0 Å². The Morgan fingerprint density at radius 1 is 1.16 bits per heavy atom. The van der Waals surface area contributed by atoms with Gasteiger partial charge in [0.15, 0.2) is 0 Å². The molecule has 0 aromatic carbocycles. The quantitative estimate of drug-likeness (QED) is 0.790. The lowest BCUT2D eigenvalue weighted by molar-refractivity contribution is 0.140. The topological polar surface area (TPSA) is 29.3 Å². The zero-order valence-corrected chi connectivity index (χ0v) is 11.9. The predicted molar refractivity (Wildman–Crippen MR) is 76.5 cm³/mol. The first-order valence-electron chi connectivity index (χ1n) is 6.82. The van der Waals surface area contributed by atoms with E-state index >= 15 is 0 Å². The van der Waals surface area contributed by atoms with Gasteiger partial charge in [-0.1, -0.05) is 19.9 Å². The molecule has 3 heteroatoms. The molecule has 2 rings (SSSR count). The molecular formula is C16H22N2O. The highest BCUT2D eigenvalue weighted by molar-refractivity contribution is 5.09. The molecule has 0 unspecified atom stereocenters. The van der Waals surface area contributed by atoms with Gasteiger partial charge in [0.2, 0.25) is 0 Å². The molecule has 0 spiro atoms. The first-order chi connectivity index (χ1) is 9.16. The first kappa shape index (κ1) is 13.8. The summed E-state index contributed by atoms with van der Waals surface area (Å²) in [5.74, 6) is 1.61. The van der Waals surface area contributed by atoms with Crippen LogP contribution in [0.5, 0.6) is 0 Å². The van der Waals surface area contributed by atoms with Gasteiger partial charge in [-0.15, -0.1) is 0 Å². The van der Waals surface area contributed by atoms with Crippen LogP contribution in [0.1, 0.15) is 32.1 Å². The molecule has 2 aromatic heterocycles. The van der Waals surface area contributed by atoms with Gasteiger partial charge in [-0.25, -0.2) is 0 Å². The van der Waals surface area contributed by atoms with E-state index in [9.17, 15) is 0 Å². The zero-order valence-electron chi connectivity index (χ0n) is 11.9. The summed E-state index contributed by atoms with van der Waals surface area (Å²) in [5, 5.41) is 0. The van der Waals surface area contributed by atoms with Crippen molar-refractivity contribution in [2.45, 2.75) is 39.9 Å². The molecule has 2 heterocycles. The monoisotopic (exact) mass is 258 g/mol. The van der Waals surface area contributed by atoms with Crippen molar-refractivity contribution in [1.29, 1.82) is 0 Å². The molecule has 0 N–H and O–H groups in total. The molecule has 0 aliphatic rings. The van der Waals surface area contributed by atoms with Crippen LogP contribution in [0.4, 0.5) is 0 Å². The Morgan fingerprint density at radius 3 is 2.58 bits per heavy atom. The molecule has 0 radical (unpaired) electrons. The van der Waals surface area contributed by atoms with Gasteiger partial charge in [-0.05, 0) is 36.6 Å². The molecule has 3 nitrogen and oxygen atoms in total. The summed E-state index contributed by atoms with van der Waals surface area (Å²) in [4.78, 5) is 6.62. The maximum atomic E-state index is 5.47. The highest BCUT2D eigenvalue weighted by Crippen LogP contribution is 2.17.